The molecule has 1 amide bonds. The Hall–Kier alpha value is -3.06. The predicted molar refractivity (Wildman–Crippen MR) is 118 cm³/mol. The fraction of sp³-hybridized carbons (Fsp3) is 0.391. The molecule has 2 N–H and O–H groups in total. The molecule has 0 saturated carbocycles. The molecule has 3 heterocycles. The second kappa shape index (κ2) is 7.99. The molecule has 7 nitrogen and oxygen atoms in total. The van der Waals surface area contributed by atoms with Crippen LogP contribution in [0.4, 0.5) is 10.5 Å². The van der Waals surface area contributed by atoms with Crippen LogP contribution in [-0.2, 0) is 11.3 Å². The van der Waals surface area contributed by atoms with Gasteiger partial charge in [0.15, 0.2) is 0 Å². The highest BCUT2D eigenvalue weighted by Crippen LogP contribution is 2.30. The molecule has 1 aromatic carbocycles. The van der Waals surface area contributed by atoms with Gasteiger partial charge in [0.05, 0.1) is 11.4 Å². The minimum Gasteiger partial charge on any atom is -0.444 e. The number of nitrogens with two attached hydrogens (primary N) is 1. The number of amides is 1. The maximum Gasteiger partial charge on any atom is 0.410 e. The van der Waals surface area contributed by atoms with Crippen molar-refractivity contribution in [1.82, 2.24) is 19.2 Å². The number of piperazine rings is 1. The van der Waals surface area contributed by atoms with E-state index in [2.05, 4.69) is 9.30 Å². The Kier molecular flexibility index (Phi) is 5.39. The Morgan fingerprint density at radius 3 is 2.47 bits per heavy atom. The van der Waals surface area contributed by atoms with Gasteiger partial charge in [-0.05, 0) is 39.0 Å². The lowest BCUT2D eigenvalue weighted by atomic mass is 10.1. The number of carbonyl (C=O) groups excluding carboxylic acids is 1. The number of anilines is 1. The van der Waals surface area contributed by atoms with Gasteiger partial charge in [-0.1, -0.05) is 24.3 Å². The molecule has 1 saturated heterocycles. The number of carbonyl (C=O) groups is 1. The van der Waals surface area contributed by atoms with E-state index in [1.807, 2.05) is 69.4 Å². The van der Waals surface area contributed by atoms with Gasteiger partial charge in [-0.3, -0.25) is 4.90 Å². The van der Waals surface area contributed by atoms with Gasteiger partial charge in [0, 0.05) is 50.2 Å². The van der Waals surface area contributed by atoms with E-state index in [4.69, 9.17) is 15.5 Å². The molecular formula is C23H29N5O2. The van der Waals surface area contributed by atoms with E-state index in [0.717, 1.165) is 47.9 Å². The molecule has 158 valence electrons. The van der Waals surface area contributed by atoms with Crippen molar-refractivity contribution in [3.8, 4) is 11.3 Å². The van der Waals surface area contributed by atoms with Crippen LogP contribution in [0.2, 0.25) is 0 Å². The van der Waals surface area contributed by atoms with Crippen molar-refractivity contribution in [3.63, 3.8) is 0 Å². The van der Waals surface area contributed by atoms with Crippen LogP contribution < -0.4 is 5.73 Å². The number of rotatable bonds is 3. The van der Waals surface area contributed by atoms with Crippen molar-refractivity contribution >= 4 is 17.4 Å². The summed E-state index contributed by atoms with van der Waals surface area (Å²) in [5, 5.41) is 0. The Morgan fingerprint density at radius 2 is 1.77 bits per heavy atom. The number of hydrogen-bond acceptors (Lipinski definition) is 5. The van der Waals surface area contributed by atoms with Crippen LogP contribution in [-0.4, -0.2) is 57.1 Å². The number of para-hydroxylation sites is 1. The van der Waals surface area contributed by atoms with Crippen molar-refractivity contribution in [2.24, 2.45) is 0 Å². The van der Waals surface area contributed by atoms with Gasteiger partial charge < -0.3 is 19.8 Å². The number of imidazole rings is 1. The van der Waals surface area contributed by atoms with Gasteiger partial charge in [0.1, 0.15) is 11.2 Å². The zero-order valence-corrected chi connectivity index (χ0v) is 17.8. The molecule has 0 radical (unpaired) electrons. The number of benzene rings is 1. The van der Waals surface area contributed by atoms with Crippen molar-refractivity contribution < 1.29 is 9.53 Å². The van der Waals surface area contributed by atoms with Gasteiger partial charge >= 0.3 is 6.09 Å². The van der Waals surface area contributed by atoms with E-state index in [0.29, 0.717) is 13.1 Å². The number of aromatic nitrogens is 2. The molecule has 0 bridgehead atoms. The molecule has 0 spiro atoms. The quantitative estimate of drug-likeness (QED) is 0.671. The highest BCUT2D eigenvalue weighted by Gasteiger charge is 2.27. The average Bonchev–Trinajstić information content (AvgIpc) is 3.06. The summed E-state index contributed by atoms with van der Waals surface area (Å²) in [7, 11) is 0. The second-order valence-corrected chi connectivity index (χ2v) is 8.67. The fourth-order valence-electron chi connectivity index (χ4n) is 3.75. The van der Waals surface area contributed by atoms with Crippen LogP contribution in [0.25, 0.3) is 16.9 Å². The molecular weight excluding hydrogens is 378 g/mol. The Morgan fingerprint density at radius 1 is 1.07 bits per heavy atom. The predicted octanol–water partition coefficient (Wildman–Crippen LogP) is 3.64. The van der Waals surface area contributed by atoms with Gasteiger partial charge in [-0.2, -0.15) is 0 Å². The van der Waals surface area contributed by atoms with Crippen LogP contribution in [0.1, 0.15) is 26.5 Å². The molecule has 0 unspecified atom stereocenters. The Balaban J connectivity index is 1.54. The molecule has 7 heteroatoms. The lowest BCUT2D eigenvalue weighted by Crippen LogP contribution is -2.49. The monoisotopic (exact) mass is 407 g/mol. The van der Waals surface area contributed by atoms with E-state index < -0.39 is 5.60 Å². The number of fused-ring (bicyclic) bond motifs is 1. The van der Waals surface area contributed by atoms with Crippen LogP contribution in [0.3, 0.4) is 0 Å². The van der Waals surface area contributed by atoms with E-state index >= 15 is 0 Å². The molecule has 1 aliphatic heterocycles. The van der Waals surface area contributed by atoms with Crippen LogP contribution in [0.15, 0.2) is 48.7 Å². The maximum absolute atomic E-state index is 12.3. The number of hydrogen-bond donors (Lipinski definition) is 1. The Bertz CT molecular complexity index is 1050. The molecule has 1 aliphatic rings. The molecule has 30 heavy (non-hydrogen) atoms. The molecule has 0 atom stereocenters. The third-order valence-electron chi connectivity index (χ3n) is 5.24. The number of nitrogens with zero attached hydrogens (tertiary/aromatic N) is 4. The number of pyridine rings is 1. The third-order valence-corrected chi connectivity index (χ3v) is 5.24. The largest absolute Gasteiger partial charge is 0.444 e. The van der Waals surface area contributed by atoms with Gasteiger partial charge in [0.25, 0.3) is 0 Å². The molecule has 2 aromatic heterocycles. The first-order valence-electron chi connectivity index (χ1n) is 10.3. The van der Waals surface area contributed by atoms with E-state index in [-0.39, 0.29) is 6.09 Å². The summed E-state index contributed by atoms with van der Waals surface area (Å²) in [4.78, 5) is 21.3. The minimum absolute atomic E-state index is 0.241. The summed E-state index contributed by atoms with van der Waals surface area (Å²) in [6.07, 6.45) is 1.80. The van der Waals surface area contributed by atoms with Crippen molar-refractivity contribution in [3.05, 3.63) is 54.4 Å². The zero-order valence-electron chi connectivity index (χ0n) is 17.8. The first-order chi connectivity index (χ1) is 14.3. The third kappa shape index (κ3) is 4.26. The summed E-state index contributed by atoms with van der Waals surface area (Å²) in [6, 6.07) is 13.8. The second-order valence-electron chi connectivity index (χ2n) is 8.67. The number of ether oxygens (including phenoxy) is 1. The summed E-state index contributed by atoms with van der Waals surface area (Å²) in [6.45, 7) is 9.26. The summed E-state index contributed by atoms with van der Waals surface area (Å²) >= 11 is 0. The SMILES string of the molecule is CC(C)(C)OC(=O)N1CCN(Cc2c(-c3ccccc3N)nc3ccccn23)CC1. The zero-order chi connectivity index (χ0) is 21.3. The summed E-state index contributed by atoms with van der Waals surface area (Å²) in [5.74, 6) is 0. The van der Waals surface area contributed by atoms with Crippen LogP contribution >= 0.6 is 0 Å². The molecule has 0 aliphatic carbocycles. The van der Waals surface area contributed by atoms with E-state index in [9.17, 15) is 4.79 Å². The first kappa shape index (κ1) is 20.2. The summed E-state index contributed by atoms with van der Waals surface area (Å²) < 4.78 is 7.63. The van der Waals surface area contributed by atoms with Crippen molar-refractivity contribution in [2.75, 3.05) is 31.9 Å². The molecule has 4 rings (SSSR count). The van der Waals surface area contributed by atoms with Gasteiger partial charge in [-0.25, -0.2) is 9.78 Å². The minimum atomic E-state index is -0.477. The van der Waals surface area contributed by atoms with Gasteiger partial charge in [-0.15, -0.1) is 0 Å². The lowest BCUT2D eigenvalue weighted by molar-refractivity contribution is 0.0138. The van der Waals surface area contributed by atoms with E-state index in [1.54, 1.807) is 4.90 Å². The number of nitrogen functional groups attached to an aromatic ring is 1. The first-order valence-corrected chi connectivity index (χ1v) is 10.3. The highest BCUT2D eigenvalue weighted by atomic mass is 16.6. The van der Waals surface area contributed by atoms with Crippen LogP contribution in [0, 0.1) is 0 Å². The molecule has 1 fully saturated rings. The van der Waals surface area contributed by atoms with Crippen molar-refractivity contribution in [2.45, 2.75) is 32.9 Å². The Labute approximate surface area is 177 Å². The van der Waals surface area contributed by atoms with Crippen molar-refractivity contribution in [1.29, 1.82) is 0 Å². The van der Waals surface area contributed by atoms with Crippen LogP contribution in [0.5, 0.6) is 0 Å². The normalized spacial score (nSPS) is 15.5. The average molecular weight is 408 g/mol. The van der Waals surface area contributed by atoms with Gasteiger partial charge in [0.2, 0.25) is 0 Å². The van der Waals surface area contributed by atoms with E-state index in [1.165, 1.54) is 0 Å². The maximum atomic E-state index is 12.3. The summed E-state index contributed by atoms with van der Waals surface area (Å²) in [5.41, 5.74) is 10.4. The topological polar surface area (TPSA) is 76.1 Å². The smallest absolute Gasteiger partial charge is 0.410 e. The molecule has 3 aromatic rings. The highest BCUT2D eigenvalue weighted by molar-refractivity contribution is 5.77. The fourth-order valence-corrected chi connectivity index (χ4v) is 3.75. The standard InChI is InChI=1S/C23H29N5O2/c1-23(2,3)30-22(29)27-14-12-26(13-15-27)16-19-21(17-8-4-5-9-18(17)24)25-20-10-6-7-11-28(19)20/h4-11H,12-16,24H2,1-3H3. The lowest BCUT2D eigenvalue weighted by Gasteiger charge is -2.35.